The molecule has 1 unspecified atom stereocenters. The Bertz CT molecular complexity index is 442. The van der Waals surface area contributed by atoms with Gasteiger partial charge in [0, 0.05) is 12.1 Å². The van der Waals surface area contributed by atoms with Gasteiger partial charge in [0.25, 0.3) is 5.91 Å². The second-order valence-electron chi connectivity index (χ2n) is 5.58. The fourth-order valence-electron chi connectivity index (χ4n) is 2.59. The molecule has 104 valence electrons. The number of carbonyl (C=O) groups excluding carboxylic acids is 1. The number of carbonyl (C=O) groups is 1. The molecule has 3 nitrogen and oxygen atoms in total. The lowest BCUT2D eigenvalue weighted by atomic mass is 10.1. The lowest BCUT2D eigenvalue weighted by Gasteiger charge is -2.09. The van der Waals surface area contributed by atoms with Crippen molar-refractivity contribution in [3.63, 3.8) is 0 Å². The van der Waals surface area contributed by atoms with Crippen LogP contribution in [0.25, 0.3) is 0 Å². The van der Waals surface area contributed by atoms with Crippen LogP contribution in [0.3, 0.4) is 0 Å². The number of amides is 1. The molecule has 0 saturated heterocycles. The summed E-state index contributed by atoms with van der Waals surface area (Å²) < 4.78 is 0. The maximum atomic E-state index is 12.0. The Hall–Kier alpha value is -1.35. The van der Waals surface area contributed by atoms with Crippen molar-refractivity contribution in [2.24, 2.45) is 11.7 Å². The van der Waals surface area contributed by atoms with Crippen molar-refractivity contribution in [1.29, 1.82) is 0 Å². The summed E-state index contributed by atoms with van der Waals surface area (Å²) in [5.74, 6) is 0.590. The van der Waals surface area contributed by atoms with Gasteiger partial charge in [-0.15, -0.1) is 0 Å². The van der Waals surface area contributed by atoms with Gasteiger partial charge in [-0.05, 0) is 67.8 Å². The van der Waals surface area contributed by atoms with Crippen LogP contribution >= 0.6 is 0 Å². The van der Waals surface area contributed by atoms with Crippen LogP contribution in [0.2, 0.25) is 0 Å². The molecule has 19 heavy (non-hydrogen) atoms. The SMILES string of the molecule is CC(CN)CCCNC(=O)c1ccc2c(c1)CCC2. The topological polar surface area (TPSA) is 55.1 Å². The first-order valence-corrected chi connectivity index (χ1v) is 7.30. The predicted molar refractivity (Wildman–Crippen MR) is 78.3 cm³/mol. The fraction of sp³-hybridized carbons (Fsp3) is 0.562. The second kappa shape index (κ2) is 6.71. The van der Waals surface area contributed by atoms with E-state index in [1.54, 1.807) is 0 Å². The minimum absolute atomic E-state index is 0.0510. The summed E-state index contributed by atoms with van der Waals surface area (Å²) in [6.07, 6.45) is 5.56. The fourth-order valence-corrected chi connectivity index (χ4v) is 2.59. The van der Waals surface area contributed by atoms with Crippen molar-refractivity contribution in [2.75, 3.05) is 13.1 Å². The lowest BCUT2D eigenvalue weighted by molar-refractivity contribution is 0.0952. The zero-order valence-corrected chi connectivity index (χ0v) is 11.7. The summed E-state index contributed by atoms with van der Waals surface area (Å²) >= 11 is 0. The van der Waals surface area contributed by atoms with Gasteiger partial charge in [-0.2, -0.15) is 0 Å². The first kappa shape index (κ1) is 14.1. The maximum absolute atomic E-state index is 12.0. The number of rotatable bonds is 6. The largest absolute Gasteiger partial charge is 0.352 e. The summed E-state index contributed by atoms with van der Waals surface area (Å²) in [4.78, 5) is 12.0. The van der Waals surface area contributed by atoms with Gasteiger partial charge in [0.15, 0.2) is 0 Å². The highest BCUT2D eigenvalue weighted by Crippen LogP contribution is 2.22. The highest BCUT2D eigenvalue weighted by atomic mass is 16.1. The van der Waals surface area contributed by atoms with Gasteiger partial charge in [0.05, 0.1) is 0 Å². The van der Waals surface area contributed by atoms with E-state index in [9.17, 15) is 4.79 Å². The molecule has 0 heterocycles. The minimum Gasteiger partial charge on any atom is -0.352 e. The number of hydrogen-bond donors (Lipinski definition) is 2. The quantitative estimate of drug-likeness (QED) is 0.771. The third-order valence-electron chi connectivity index (χ3n) is 3.92. The number of nitrogens with one attached hydrogen (secondary N) is 1. The van der Waals surface area contributed by atoms with Crippen LogP contribution in [-0.2, 0) is 12.8 Å². The number of hydrogen-bond acceptors (Lipinski definition) is 2. The molecule has 0 aliphatic heterocycles. The number of aryl methyl sites for hydroxylation is 2. The van der Waals surface area contributed by atoms with Crippen LogP contribution in [0.5, 0.6) is 0 Å². The zero-order valence-electron chi connectivity index (χ0n) is 11.7. The van der Waals surface area contributed by atoms with Gasteiger partial charge in [-0.3, -0.25) is 4.79 Å². The Kier molecular flexibility index (Phi) is 4.97. The van der Waals surface area contributed by atoms with Crippen LogP contribution in [0.1, 0.15) is 47.7 Å². The van der Waals surface area contributed by atoms with E-state index in [0.29, 0.717) is 5.92 Å². The zero-order chi connectivity index (χ0) is 13.7. The Morgan fingerprint density at radius 2 is 2.16 bits per heavy atom. The van der Waals surface area contributed by atoms with E-state index in [2.05, 4.69) is 24.4 Å². The van der Waals surface area contributed by atoms with Crippen LogP contribution in [0, 0.1) is 5.92 Å². The normalized spacial score (nSPS) is 15.1. The van der Waals surface area contributed by atoms with E-state index in [0.717, 1.165) is 44.3 Å². The molecule has 0 fully saturated rings. The van der Waals surface area contributed by atoms with Crippen molar-refractivity contribution in [3.05, 3.63) is 34.9 Å². The molecular weight excluding hydrogens is 236 g/mol. The summed E-state index contributed by atoms with van der Waals surface area (Å²) in [5.41, 5.74) is 9.13. The third-order valence-corrected chi connectivity index (χ3v) is 3.92. The predicted octanol–water partition coefficient (Wildman–Crippen LogP) is 2.28. The molecule has 0 spiro atoms. The Labute approximate surface area is 115 Å². The van der Waals surface area contributed by atoms with E-state index in [1.165, 1.54) is 17.5 Å². The molecule has 0 saturated carbocycles. The molecule has 3 heteroatoms. The third kappa shape index (κ3) is 3.80. The first-order chi connectivity index (χ1) is 9.20. The molecule has 0 bridgehead atoms. The van der Waals surface area contributed by atoms with Gasteiger partial charge >= 0.3 is 0 Å². The van der Waals surface area contributed by atoms with Gasteiger partial charge in [0.1, 0.15) is 0 Å². The molecule has 1 aliphatic carbocycles. The standard InChI is InChI=1S/C16H24N2O/c1-12(11-17)4-3-9-18-16(19)15-8-7-13-5-2-6-14(13)10-15/h7-8,10,12H,2-6,9,11,17H2,1H3,(H,18,19). The molecule has 0 radical (unpaired) electrons. The van der Waals surface area contributed by atoms with E-state index in [-0.39, 0.29) is 5.91 Å². The highest BCUT2D eigenvalue weighted by molar-refractivity contribution is 5.94. The second-order valence-corrected chi connectivity index (χ2v) is 5.58. The van der Waals surface area contributed by atoms with Crippen molar-refractivity contribution >= 4 is 5.91 Å². The van der Waals surface area contributed by atoms with Crippen LogP contribution in [0.15, 0.2) is 18.2 Å². The summed E-state index contributed by atoms with van der Waals surface area (Å²) in [7, 11) is 0. The van der Waals surface area contributed by atoms with E-state index in [4.69, 9.17) is 5.73 Å². The Morgan fingerprint density at radius 1 is 1.37 bits per heavy atom. The Morgan fingerprint density at radius 3 is 2.95 bits per heavy atom. The molecule has 1 aromatic carbocycles. The van der Waals surface area contributed by atoms with Gasteiger partial charge < -0.3 is 11.1 Å². The summed E-state index contributed by atoms with van der Waals surface area (Å²) in [6.45, 7) is 3.60. The van der Waals surface area contributed by atoms with E-state index < -0.39 is 0 Å². The van der Waals surface area contributed by atoms with Gasteiger partial charge in [-0.25, -0.2) is 0 Å². The smallest absolute Gasteiger partial charge is 0.251 e. The van der Waals surface area contributed by atoms with Crippen molar-refractivity contribution in [2.45, 2.75) is 39.0 Å². The number of nitrogens with two attached hydrogens (primary N) is 1. The monoisotopic (exact) mass is 260 g/mol. The van der Waals surface area contributed by atoms with Crippen LogP contribution < -0.4 is 11.1 Å². The number of benzene rings is 1. The van der Waals surface area contributed by atoms with E-state index in [1.807, 2.05) is 6.07 Å². The molecule has 2 rings (SSSR count). The molecule has 1 amide bonds. The lowest BCUT2D eigenvalue weighted by Crippen LogP contribution is -2.25. The van der Waals surface area contributed by atoms with E-state index >= 15 is 0 Å². The molecule has 1 aliphatic rings. The average molecular weight is 260 g/mol. The van der Waals surface area contributed by atoms with Crippen molar-refractivity contribution in [1.82, 2.24) is 5.32 Å². The number of fused-ring (bicyclic) bond motifs is 1. The Balaban J connectivity index is 1.80. The highest BCUT2D eigenvalue weighted by Gasteiger charge is 2.13. The van der Waals surface area contributed by atoms with Gasteiger partial charge in [0.2, 0.25) is 0 Å². The van der Waals surface area contributed by atoms with Gasteiger partial charge in [-0.1, -0.05) is 13.0 Å². The maximum Gasteiger partial charge on any atom is 0.251 e. The molecule has 1 aromatic rings. The molecule has 0 aromatic heterocycles. The van der Waals surface area contributed by atoms with Crippen molar-refractivity contribution in [3.8, 4) is 0 Å². The van der Waals surface area contributed by atoms with Crippen LogP contribution in [0.4, 0.5) is 0 Å². The van der Waals surface area contributed by atoms with Crippen molar-refractivity contribution < 1.29 is 4.79 Å². The first-order valence-electron chi connectivity index (χ1n) is 7.30. The molecule has 3 N–H and O–H groups in total. The summed E-state index contributed by atoms with van der Waals surface area (Å²) in [5, 5.41) is 2.99. The molecular formula is C16H24N2O. The molecule has 1 atom stereocenters. The minimum atomic E-state index is 0.0510. The average Bonchev–Trinajstić information content (AvgIpc) is 2.90. The summed E-state index contributed by atoms with van der Waals surface area (Å²) in [6, 6.07) is 6.11. The van der Waals surface area contributed by atoms with Crippen LogP contribution in [-0.4, -0.2) is 19.0 Å².